The number of carbonyl (C=O) groups excluding carboxylic acids is 1. The minimum atomic E-state index is 0.236. The molecular weight excluding hydrogens is 136 g/mol. The van der Waals surface area contributed by atoms with Gasteiger partial charge in [0.2, 0.25) is 0 Å². The molecule has 0 N–H and O–H groups in total. The Morgan fingerprint density at radius 3 is 2.00 bits per heavy atom. The molecule has 0 aliphatic carbocycles. The fourth-order valence-corrected chi connectivity index (χ4v) is 0.878. The topological polar surface area (TPSA) is 17.1 Å². The van der Waals surface area contributed by atoms with E-state index in [9.17, 15) is 4.79 Å². The molecule has 0 aliphatic heterocycles. The highest BCUT2D eigenvalue weighted by Crippen LogP contribution is 2.14. The highest BCUT2D eigenvalue weighted by atomic mass is 35.5. The zero-order valence-corrected chi connectivity index (χ0v) is 6.70. The van der Waals surface area contributed by atoms with Crippen molar-refractivity contribution in [2.24, 2.45) is 5.92 Å². The molecule has 0 heterocycles. The van der Waals surface area contributed by atoms with Crippen LogP contribution in [0.3, 0.4) is 0 Å². The fourth-order valence-electron chi connectivity index (χ4n) is 0.615. The van der Waals surface area contributed by atoms with Crippen LogP contribution in [-0.2, 0) is 4.79 Å². The normalized spacial score (nSPS) is 13.4. The molecule has 0 amide bonds. The molecule has 0 rings (SSSR count). The van der Waals surface area contributed by atoms with Crippen LogP contribution in [0.1, 0.15) is 20.8 Å². The van der Waals surface area contributed by atoms with Gasteiger partial charge in [0.15, 0.2) is 0 Å². The van der Waals surface area contributed by atoms with Gasteiger partial charge in [-0.05, 0) is 12.8 Å². The summed E-state index contributed by atoms with van der Waals surface area (Å²) in [5.41, 5.74) is 0.691. The Morgan fingerprint density at radius 1 is 1.56 bits per heavy atom. The third kappa shape index (κ3) is 2.66. The lowest BCUT2D eigenvalue weighted by atomic mass is 10.1. The monoisotopic (exact) mass is 146 g/mol. The summed E-state index contributed by atoms with van der Waals surface area (Å²) in [5.74, 6) is 0.236. The average molecular weight is 147 g/mol. The van der Waals surface area contributed by atoms with Gasteiger partial charge in [-0.3, -0.25) is 4.79 Å². The van der Waals surface area contributed by atoms with Gasteiger partial charge in [-0.2, -0.15) is 0 Å². The second-order valence-corrected chi connectivity index (χ2v) is 2.83. The summed E-state index contributed by atoms with van der Waals surface area (Å²) in [6, 6.07) is 0. The fraction of sp³-hybridized carbons (Fsp3) is 0.571. The lowest BCUT2D eigenvalue weighted by Gasteiger charge is -2.02. The van der Waals surface area contributed by atoms with Gasteiger partial charge in [-0.15, -0.1) is 0 Å². The highest BCUT2D eigenvalue weighted by molar-refractivity contribution is 6.30. The zero-order valence-electron chi connectivity index (χ0n) is 5.94. The molecule has 0 aromatic rings. The van der Waals surface area contributed by atoms with Crippen LogP contribution in [0.2, 0.25) is 0 Å². The molecule has 0 atom stereocenters. The smallest absolute Gasteiger partial charge is 0.147 e. The second kappa shape index (κ2) is 3.67. The van der Waals surface area contributed by atoms with Crippen molar-refractivity contribution in [1.82, 2.24) is 0 Å². The Labute approximate surface area is 60.7 Å². The molecule has 1 nitrogen and oxygen atoms in total. The Hall–Kier alpha value is -0.300. The zero-order chi connectivity index (χ0) is 7.44. The molecule has 9 heavy (non-hydrogen) atoms. The maximum atomic E-state index is 10.2. The first-order chi connectivity index (χ1) is 4.09. The van der Waals surface area contributed by atoms with Gasteiger partial charge in [-0.25, -0.2) is 0 Å². The van der Waals surface area contributed by atoms with Gasteiger partial charge in [0.25, 0.3) is 0 Å². The highest BCUT2D eigenvalue weighted by Gasteiger charge is 2.03. The van der Waals surface area contributed by atoms with Crippen molar-refractivity contribution in [3.63, 3.8) is 0 Å². The first-order valence-electron chi connectivity index (χ1n) is 2.91. The van der Waals surface area contributed by atoms with Crippen molar-refractivity contribution < 1.29 is 4.79 Å². The van der Waals surface area contributed by atoms with Crippen molar-refractivity contribution in [3.05, 3.63) is 10.6 Å². The Morgan fingerprint density at radius 2 is 2.00 bits per heavy atom. The lowest BCUT2D eigenvalue weighted by molar-refractivity contribution is -0.105. The van der Waals surface area contributed by atoms with E-state index in [-0.39, 0.29) is 5.92 Å². The number of carbonyl (C=O) groups is 1. The number of rotatable bonds is 2. The van der Waals surface area contributed by atoms with E-state index < -0.39 is 0 Å². The van der Waals surface area contributed by atoms with Crippen molar-refractivity contribution in [2.45, 2.75) is 20.8 Å². The number of hydrogen-bond acceptors (Lipinski definition) is 1. The maximum absolute atomic E-state index is 10.2. The summed E-state index contributed by atoms with van der Waals surface area (Å²) < 4.78 is 0. The standard InChI is InChI=1S/C7H11ClO/c1-5(2)7(4-9)6(3)8/h4-5H,1-3H3/b7-6+. The van der Waals surface area contributed by atoms with Crippen molar-refractivity contribution >= 4 is 17.9 Å². The molecule has 0 saturated carbocycles. The van der Waals surface area contributed by atoms with Crippen LogP contribution in [0.25, 0.3) is 0 Å². The predicted octanol–water partition coefficient (Wildman–Crippen LogP) is 2.35. The SMILES string of the molecule is C/C(Cl)=C(/C=O)C(C)C. The van der Waals surface area contributed by atoms with Crippen LogP contribution in [0, 0.1) is 5.92 Å². The van der Waals surface area contributed by atoms with E-state index in [1.807, 2.05) is 13.8 Å². The van der Waals surface area contributed by atoms with E-state index in [1.165, 1.54) is 0 Å². The molecule has 0 radical (unpaired) electrons. The third-order valence-corrected chi connectivity index (χ3v) is 1.36. The summed E-state index contributed by atoms with van der Waals surface area (Å²) >= 11 is 5.59. The van der Waals surface area contributed by atoms with Crippen LogP contribution < -0.4 is 0 Å². The lowest BCUT2D eigenvalue weighted by Crippen LogP contribution is -1.95. The maximum Gasteiger partial charge on any atom is 0.147 e. The molecular formula is C7H11ClO. The van der Waals surface area contributed by atoms with Crippen LogP contribution >= 0.6 is 11.6 Å². The van der Waals surface area contributed by atoms with Crippen LogP contribution in [-0.4, -0.2) is 6.29 Å². The quantitative estimate of drug-likeness (QED) is 0.432. The molecule has 52 valence electrons. The van der Waals surface area contributed by atoms with Crippen LogP contribution in [0.15, 0.2) is 10.6 Å². The minimum absolute atomic E-state index is 0.236. The molecule has 0 aromatic heterocycles. The van der Waals surface area contributed by atoms with E-state index in [2.05, 4.69) is 0 Å². The summed E-state index contributed by atoms with van der Waals surface area (Å²) in [7, 11) is 0. The van der Waals surface area contributed by atoms with Gasteiger partial charge in [0.1, 0.15) is 6.29 Å². The van der Waals surface area contributed by atoms with Gasteiger partial charge in [0, 0.05) is 10.6 Å². The predicted molar refractivity (Wildman–Crippen MR) is 39.5 cm³/mol. The number of aldehydes is 1. The second-order valence-electron chi connectivity index (χ2n) is 2.26. The minimum Gasteiger partial charge on any atom is -0.298 e. The van der Waals surface area contributed by atoms with Crippen LogP contribution in [0.5, 0.6) is 0 Å². The number of allylic oxidation sites excluding steroid dienone is 2. The van der Waals surface area contributed by atoms with E-state index in [0.29, 0.717) is 10.6 Å². The summed E-state index contributed by atoms with van der Waals surface area (Å²) in [5, 5.41) is 0.597. The third-order valence-electron chi connectivity index (χ3n) is 1.15. The first kappa shape index (κ1) is 8.70. The average Bonchev–Trinajstić information content (AvgIpc) is 1.64. The summed E-state index contributed by atoms with van der Waals surface area (Å²) in [6.45, 7) is 5.61. The van der Waals surface area contributed by atoms with Crippen LogP contribution in [0.4, 0.5) is 0 Å². The van der Waals surface area contributed by atoms with Gasteiger partial charge in [-0.1, -0.05) is 25.4 Å². The molecule has 2 heteroatoms. The Bertz CT molecular complexity index is 132. The summed E-state index contributed by atoms with van der Waals surface area (Å²) in [6.07, 6.45) is 0.813. The van der Waals surface area contributed by atoms with Crippen molar-refractivity contribution in [3.8, 4) is 0 Å². The molecule has 0 aromatic carbocycles. The van der Waals surface area contributed by atoms with Crippen molar-refractivity contribution in [1.29, 1.82) is 0 Å². The van der Waals surface area contributed by atoms with E-state index in [0.717, 1.165) is 6.29 Å². The molecule has 0 aliphatic rings. The van der Waals surface area contributed by atoms with Gasteiger partial charge >= 0.3 is 0 Å². The first-order valence-corrected chi connectivity index (χ1v) is 3.28. The largest absolute Gasteiger partial charge is 0.298 e. The van der Waals surface area contributed by atoms with Gasteiger partial charge in [0.05, 0.1) is 0 Å². The molecule has 0 spiro atoms. The van der Waals surface area contributed by atoms with Gasteiger partial charge < -0.3 is 0 Å². The molecule has 0 unspecified atom stereocenters. The van der Waals surface area contributed by atoms with Crippen molar-refractivity contribution in [2.75, 3.05) is 0 Å². The molecule has 0 fully saturated rings. The number of halogens is 1. The summed E-state index contributed by atoms with van der Waals surface area (Å²) in [4.78, 5) is 10.2. The van der Waals surface area contributed by atoms with E-state index in [4.69, 9.17) is 11.6 Å². The Kier molecular flexibility index (Phi) is 3.55. The molecule has 0 saturated heterocycles. The number of hydrogen-bond donors (Lipinski definition) is 0. The Balaban J connectivity index is 4.34. The molecule has 0 bridgehead atoms. The van der Waals surface area contributed by atoms with E-state index >= 15 is 0 Å². The van der Waals surface area contributed by atoms with E-state index in [1.54, 1.807) is 6.92 Å².